The lowest BCUT2D eigenvalue weighted by molar-refractivity contribution is 0.262. The lowest BCUT2D eigenvalue weighted by Gasteiger charge is -2.16. The molecule has 0 aliphatic heterocycles. The molecule has 0 radical (unpaired) electrons. The summed E-state index contributed by atoms with van der Waals surface area (Å²) < 4.78 is 18.7. The van der Waals surface area contributed by atoms with Crippen molar-refractivity contribution in [2.24, 2.45) is 10.6 Å². The van der Waals surface area contributed by atoms with Crippen LogP contribution in [0.1, 0.15) is 32.8 Å². The predicted molar refractivity (Wildman–Crippen MR) is 69.9 cm³/mol. The van der Waals surface area contributed by atoms with Gasteiger partial charge in [-0.05, 0) is 39.3 Å². The number of nitrogens with zero attached hydrogens (tertiary/aromatic N) is 2. The summed E-state index contributed by atoms with van der Waals surface area (Å²) in [5, 5.41) is 20.8. The molecule has 1 N–H and O–H groups in total. The van der Waals surface area contributed by atoms with Gasteiger partial charge in [-0.1, -0.05) is 5.16 Å². The number of ether oxygens (including phenoxy) is 1. The van der Waals surface area contributed by atoms with E-state index < -0.39 is 11.2 Å². The number of rotatable bonds is 5. The minimum absolute atomic E-state index is 0.287. The molecular weight excluding hydrogens is 247 g/mol. The normalized spacial score (nSPS) is 12.1. The Hall–Kier alpha value is -2.09. The Kier molecular flexibility index (Phi) is 4.87. The molecule has 5 heteroatoms. The molecule has 19 heavy (non-hydrogen) atoms. The highest BCUT2D eigenvalue weighted by Crippen LogP contribution is 2.23. The van der Waals surface area contributed by atoms with Crippen molar-refractivity contribution < 1.29 is 14.3 Å². The summed E-state index contributed by atoms with van der Waals surface area (Å²) in [4.78, 5) is 0. The van der Waals surface area contributed by atoms with Gasteiger partial charge in [0, 0.05) is 11.6 Å². The van der Waals surface area contributed by atoms with Gasteiger partial charge in [0.25, 0.3) is 0 Å². The van der Waals surface area contributed by atoms with Crippen molar-refractivity contribution in [2.45, 2.75) is 27.2 Å². The summed E-state index contributed by atoms with van der Waals surface area (Å²) in [6, 6.07) is 6.18. The van der Waals surface area contributed by atoms with Crippen molar-refractivity contribution in [1.29, 1.82) is 5.26 Å². The molecule has 0 saturated heterocycles. The molecule has 0 amide bonds. The van der Waals surface area contributed by atoms with E-state index in [1.165, 1.54) is 18.2 Å². The van der Waals surface area contributed by atoms with Gasteiger partial charge in [0.15, 0.2) is 0 Å². The van der Waals surface area contributed by atoms with Gasteiger partial charge in [0.1, 0.15) is 11.6 Å². The topological polar surface area (TPSA) is 65.6 Å². The van der Waals surface area contributed by atoms with E-state index in [1.54, 1.807) is 6.92 Å². The number of hydrogen-bond donors (Lipinski definition) is 1. The molecule has 0 aliphatic carbocycles. The molecule has 0 aliphatic rings. The number of oxime groups is 1. The Balaban J connectivity index is 2.83. The van der Waals surface area contributed by atoms with Crippen LogP contribution in [-0.2, 0) is 0 Å². The van der Waals surface area contributed by atoms with E-state index in [4.69, 9.17) is 15.2 Å². The molecule has 1 rings (SSSR count). The highest BCUT2D eigenvalue weighted by Gasteiger charge is 2.17. The highest BCUT2D eigenvalue weighted by atomic mass is 19.1. The summed E-state index contributed by atoms with van der Waals surface area (Å²) in [6.07, 6.45) is 0.523. The van der Waals surface area contributed by atoms with E-state index >= 15 is 0 Å². The predicted octanol–water partition coefficient (Wildman–Crippen LogP) is 3.34. The first-order valence-electron chi connectivity index (χ1n) is 5.92. The third-order valence-electron chi connectivity index (χ3n) is 2.77. The molecule has 4 nitrogen and oxygen atoms in total. The summed E-state index contributed by atoms with van der Waals surface area (Å²) >= 11 is 0. The van der Waals surface area contributed by atoms with Gasteiger partial charge in [-0.25, -0.2) is 4.39 Å². The Morgan fingerprint density at radius 2 is 2.21 bits per heavy atom. The Bertz CT molecular complexity index is 519. The molecule has 0 aromatic heterocycles. The van der Waals surface area contributed by atoms with Crippen molar-refractivity contribution >= 4 is 5.71 Å². The third-order valence-corrected chi connectivity index (χ3v) is 2.77. The summed E-state index contributed by atoms with van der Waals surface area (Å²) in [7, 11) is 0. The fourth-order valence-electron chi connectivity index (χ4n) is 1.44. The Morgan fingerprint density at radius 3 is 2.79 bits per heavy atom. The highest BCUT2D eigenvalue weighted by molar-refractivity contribution is 6.00. The van der Waals surface area contributed by atoms with E-state index in [0.717, 1.165) is 0 Å². The zero-order valence-electron chi connectivity index (χ0n) is 11.3. The van der Waals surface area contributed by atoms with Crippen molar-refractivity contribution in [3.05, 3.63) is 29.6 Å². The van der Waals surface area contributed by atoms with Crippen LogP contribution in [0.15, 0.2) is 23.4 Å². The van der Waals surface area contributed by atoms with Gasteiger partial charge >= 0.3 is 0 Å². The molecule has 0 bridgehead atoms. The van der Waals surface area contributed by atoms with Crippen LogP contribution in [-0.4, -0.2) is 17.5 Å². The van der Waals surface area contributed by atoms with Gasteiger partial charge in [0.2, 0.25) is 0 Å². The fraction of sp³-hybridized carbons (Fsp3) is 0.429. The van der Waals surface area contributed by atoms with E-state index in [1.807, 2.05) is 13.8 Å². The lowest BCUT2D eigenvalue weighted by atomic mass is 9.92. The largest absolute Gasteiger partial charge is 0.493 e. The van der Waals surface area contributed by atoms with E-state index in [2.05, 4.69) is 11.2 Å². The van der Waals surface area contributed by atoms with Crippen LogP contribution < -0.4 is 4.74 Å². The Labute approximate surface area is 112 Å². The first-order valence-corrected chi connectivity index (χ1v) is 5.92. The Morgan fingerprint density at radius 1 is 1.53 bits per heavy atom. The third kappa shape index (κ3) is 4.25. The molecule has 0 spiro atoms. The average molecular weight is 264 g/mol. The number of halogens is 1. The van der Waals surface area contributed by atoms with Gasteiger partial charge in [-0.3, -0.25) is 0 Å². The number of nitriles is 1. The lowest BCUT2D eigenvalue weighted by Crippen LogP contribution is -2.14. The summed E-state index contributed by atoms with van der Waals surface area (Å²) in [5.41, 5.74) is 0.376. The minimum Gasteiger partial charge on any atom is -0.493 e. The van der Waals surface area contributed by atoms with Crippen molar-refractivity contribution in [3.63, 3.8) is 0 Å². The SMILES string of the molecule is CC(=NO)c1ccc(F)cc1OCCC(C)(C)C#N. The van der Waals surface area contributed by atoms with Crippen molar-refractivity contribution in [2.75, 3.05) is 6.61 Å². The average Bonchev–Trinajstić information content (AvgIpc) is 2.38. The molecule has 0 fully saturated rings. The molecule has 1 aromatic rings. The van der Waals surface area contributed by atoms with Gasteiger partial charge in [-0.15, -0.1) is 0 Å². The zero-order chi connectivity index (χ0) is 14.5. The fourth-order valence-corrected chi connectivity index (χ4v) is 1.44. The number of benzene rings is 1. The van der Waals surface area contributed by atoms with E-state index in [-0.39, 0.29) is 6.61 Å². The molecule has 1 aromatic carbocycles. The maximum atomic E-state index is 13.2. The minimum atomic E-state index is -0.492. The molecule has 0 atom stereocenters. The molecular formula is C14H17FN2O2. The molecule has 0 saturated carbocycles. The number of hydrogen-bond acceptors (Lipinski definition) is 4. The molecule has 102 valence electrons. The second-order valence-electron chi connectivity index (χ2n) is 4.92. The second-order valence-corrected chi connectivity index (χ2v) is 4.92. The van der Waals surface area contributed by atoms with Crippen LogP contribution in [0.4, 0.5) is 4.39 Å². The summed E-state index contributed by atoms with van der Waals surface area (Å²) in [5.74, 6) is -0.118. The van der Waals surface area contributed by atoms with Crippen LogP contribution >= 0.6 is 0 Å². The van der Waals surface area contributed by atoms with Gasteiger partial charge in [0.05, 0.1) is 23.8 Å². The van der Waals surface area contributed by atoms with E-state index in [0.29, 0.717) is 23.4 Å². The van der Waals surface area contributed by atoms with Crippen LogP contribution in [0.2, 0.25) is 0 Å². The van der Waals surface area contributed by atoms with Crippen molar-refractivity contribution in [3.8, 4) is 11.8 Å². The monoisotopic (exact) mass is 264 g/mol. The smallest absolute Gasteiger partial charge is 0.131 e. The van der Waals surface area contributed by atoms with Crippen LogP contribution in [0, 0.1) is 22.6 Å². The standard InChI is InChI=1S/C14H17FN2O2/c1-10(17-18)12-5-4-11(15)8-13(12)19-7-6-14(2,3)9-16/h4-5,8,18H,6-7H2,1-3H3. The quantitative estimate of drug-likeness (QED) is 0.504. The van der Waals surface area contributed by atoms with Gasteiger partial charge in [-0.2, -0.15) is 5.26 Å². The van der Waals surface area contributed by atoms with Crippen LogP contribution in [0.3, 0.4) is 0 Å². The van der Waals surface area contributed by atoms with Gasteiger partial charge < -0.3 is 9.94 Å². The van der Waals surface area contributed by atoms with E-state index in [9.17, 15) is 4.39 Å². The first-order chi connectivity index (χ1) is 8.89. The summed E-state index contributed by atoms with van der Waals surface area (Å²) in [6.45, 7) is 5.50. The van der Waals surface area contributed by atoms with Crippen LogP contribution in [0.25, 0.3) is 0 Å². The maximum absolute atomic E-state index is 13.2. The van der Waals surface area contributed by atoms with Crippen LogP contribution in [0.5, 0.6) is 5.75 Å². The second kappa shape index (κ2) is 6.19. The zero-order valence-corrected chi connectivity index (χ0v) is 11.3. The van der Waals surface area contributed by atoms with Crippen molar-refractivity contribution in [1.82, 2.24) is 0 Å². The molecule has 0 unspecified atom stereocenters. The molecule has 0 heterocycles. The first kappa shape index (κ1) is 15.0. The maximum Gasteiger partial charge on any atom is 0.131 e.